The highest BCUT2D eigenvalue weighted by Gasteiger charge is 2.54. The molecule has 0 unspecified atom stereocenters. The molecule has 0 radical (unpaired) electrons. The molecule has 1 fully saturated rings. The summed E-state index contributed by atoms with van der Waals surface area (Å²) < 4.78 is 0. The number of hydrogen-bond acceptors (Lipinski definition) is 4. The molecule has 5 nitrogen and oxygen atoms in total. The van der Waals surface area contributed by atoms with Crippen molar-refractivity contribution in [1.82, 2.24) is 5.06 Å². The number of nitrogens with two attached hydrogens (primary N) is 1. The largest absolute Gasteiger partial charge is 0.480 e. The van der Waals surface area contributed by atoms with E-state index in [1.807, 2.05) is 0 Å². The van der Waals surface area contributed by atoms with Crippen molar-refractivity contribution in [3.8, 4) is 0 Å². The van der Waals surface area contributed by atoms with Crippen molar-refractivity contribution >= 4 is 5.97 Å². The molecule has 1 saturated heterocycles. The Labute approximate surface area is 129 Å². The van der Waals surface area contributed by atoms with Gasteiger partial charge in [0.25, 0.3) is 0 Å². The predicted octanol–water partition coefficient (Wildman–Crippen LogP) is 3.40. The number of hydrogen-bond donors (Lipinski definition) is 3. The zero-order chi connectivity index (χ0) is 16.9. The van der Waals surface area contributed by atoms with Crippen LogP contribution in [0.5, 0.6) is 0 Å². The van der Waals surface area contributed by atoms with Crippen molar-refractivity contribution in [2.24, 2.45) is 5.73 Å². The number of carboxylic acid groups (broad SMARTS) is 1. The minimum Gasteiger partial charge on any atom is -0.480 e. The summed E-state index contributed by atoms with van der Waals surface area (Å²) in [5, 5.41) is 20.3. The molecule has 0 aromatic rings. The van der Waals surface area contributed by atoms with Gasteiger partial charge in [-0.05, 0) is 40.5 Å². The molecule has 1 aliphatic rings. The zero-order valence-electron chi connectivity index (χ0n) is 14.6. The Morgan fingerprint density at radius 1 is 1.05 bits per heavy atom. The summed E-state index contributed by atoms with van der Waals surface area (Å²) >= 11 is 0. The van der Waals surface area contributed by atoms with E-state index in [2.05, 4.69) is 13.8 Å². The highest BCUT2D eigenvalue weighted by Crippen LogP contribution is 2.41. The van der Waals surface area contributed by atoms with E-state index in [9.17, 15) is 10.0 Å². The summed E-state index contributed by atoms with van der Waals surface area (Å²) in [6, 6.07) is 0. The van der Waals surface area contributed by atoms with Gasteiger partial charge in [0.1, 0.15) is 5.54 Å². The maximum atomic E-state index is 11.1. The van der Waals surface area contributed by atoms with Gasteiger partial charge in [0.2, 0.25) is 0 Å². The average Bonchev–Trinajstić information content (AvgIpc) is 2.33. The summed E-state index contributed by atoms with van der Waals surface area (Å²) in [5.41, 5.74) is 3.36. The first-order chi connectivity index (χ1) is 9.43. The molecule has 1 aliphatic heterocycles. The number of rotatable bonds is 4. The molecule has 0 aromatic carbocycles. The molecular formula is C16H34N2O3. The lowest BCUT2D eigenvalue weighted by atomic mass is 9.71. The molecule has 0 bridgehead atoms. The molecule has 21 heavy (non-hydrogen) atoms. The van der Waals surface area contributed by atoms with Crippen LogP contribution in [0.2, 0.25) is 0 Å². The standard InChI is InChI=1S/C10H20N2O3.C6H14/c1-8(2)5-10(11,7(13)14)6-9(3,4)12(8)15;1-3-5-6-4-2/h15H,5-6,11H2,1-4H3,(H,13,14);3-6H2,1-2H3. The quantitative estimate of drug-likeness (QED) is 0.693. The number of unbranched alkanes of at least 4 members (excludes halogenated alkanes) is 3. The molecule has 0 spiro atoms. The summed E-state index contributed by atoms with van der Waals surface area (Å²) in [4.78, 5) is 11.1. The van der Waals surface area contributed by atoms with Crippen molar-refractivity contribution in [1.29, 1.82) is 0 Å². The highest BCUT2D eigenvalue weighted by atomic mass is 16.5. The van der Waals surface area contributed by atoms with Crippen LogP contribution in [0.3, 0.4) is 0 Å². The Balaban J connectivity index is 0.000000567. The number of aliphatic carboxylic acids is 1. The lowest BCUT2D eigenvalue weighted by Gasteiger charge is -2.53. The zero-order valence-corrected chi connectivity index (χ0v) is 14.6. The number of hydroxylamine groups is 2. The van der Waals surface area contributed by atoms with Crippen LogP contribution >= 0.6 is 0 Å². The summed E-state index contributed by atoms with van der Waals surface area (Å²) in [6.45, 7) is 11.6. The van der Waals surface area contributed by atoms with Crippen molar-refractivity contribution in [3.05, 3.63) is 0 Å². The second kappa shape index (κ2) is 7.56. The van der Waals surface area contributed by atoms with E-state index in [1.165, 1.54) is 30.7 Å². The number of nitrogens with zero attached hydrogens (tertiary/aromatic N) is 1. The lowest BCUT2D eigenvalue weighted by Crippen LogP contribution is -2.69. The maximum absolute atomic E-state index is 11.1. The van der Waals surface area contributed by atoms with E-state index < -0.39 is 22.6 Å². The summed E-state index contributed by atoms with van der Waals surface area (Å²) in [5.74, 6) is -1.00. The smallest absolute Gasteiger partial charge is 0.323 e. The van der Waals surface area contributed by atoms with E-state index in [1.54, 1.807) is 27.7 Å². The van der Waals surface area contributed by atoms with Gasteiger partial charge in [-0.15, -0.1) is 0 Å². The third-order valence-electron chi connectivity index (χ3n) is 4.03. The van der Waals surface area contributed by atoms with Gasteiger partial charge in [-0.1, -0.05) is 39.5 Å². The van der Waals surface area contributed by atoms with Crippen molar-refractivity contribution in [2.75, 3.05) is 0 Å². The molecule has 1 rings (SSSR count). The topological polar surface area (TPSA) is 86.8 Å². The third kappa shape index (κ3) is 5.57. The fourth-order valence-corrected chi connectivity index (χ4v) is 3.23. The van der Waals surface area contributed by atoms with E-state index in [0.29, 0.717) is 0 Å². The molecule has 0 amide bonds. The monoisotopic (exact) mass is 302 g/mol. The van der Waals surface area contributed by atoms with Gasteiger partial charge in [-0.3, -0.25) is 4.79 Å². The van der Waals surface area contributed by atoms with E-state index in [4.69, 9.17) is 10.8 Å². The molecule has 0 atom stereocenters. The lowest BCUT2D eigenvalue weighted by molar-refractivity contribution is -0.253. The van der Waals surface area contributed by atoms with Crippen LogP contribution in [0, 0.1) is 0 Å². The van der Waals surface area contributed by atoms with Crippen molar-refractivity contribution in [3.63, 3.8) is 0 Å². The van der Waals surface area contributed by atoms with Gasteiger partial charge < -0.3 is 16.0 Å². The number of carboxylic acids is 1. The molecule has 0 saturated carbocycles. The average molecular weight is 302 g/mol. The van der Waals surface area contributed by atoms with Crippen LogP contribution in [0.25, 0.3) is 0 Å². The van der Waals surface area contributed by atoms with Gasteiger partial charge in [0.05, 0.1) is 0 Å². The first kappa shape index (κ1) is 20.3. The Morgan fingerprint density at radius 3 is 1.62 bits per heavy atom. The Bertz CT molecular complexity index is 318. The van der Waals surface area contributed by atoms with Crippen molar-refractivity contribution < 1.29 is 15.1 Å². The Morgan fingerprint density at radius 2 is 1.38 bits per heavy atom. The van der Waals surface area contributed by atoms with Gasteiger partial charge in [0.15, 0.2) is 0 Å². The minimum atomic E-state index is -1.26. The second-order valence-corrected chi connectivity index (χ2v) is 7.46. The molecular weight excluding hydrogens is 268 g/mol. The Hall–Kier alpha value is -0.650. The first-order valence-corrected chi connectivity index (χ1v) is 7.94. The molecule has 0 aliphatic carbocycles. The maximum Gasteiger partial charge on any atom is 0.323 e. The van der Waals surface area contributed by atoms with Gasteiger partial charge in [-0.25, -0.2) is 0 Å². The molecule has 126 valence electrons. The SMILES string of the molecule is CC1(C)CC(N)(C(=O)O)CC(C)(C)N1O.CCCCCC. The van der Waals surface area contributed by atoms with Crippen LogP contribution in [0.4, 0.5) is 0 Å². The summed E-state index contributed by atoms with van der Waals surface area (Å²) in [7, 11) is 0. The fourth-order valence-electron chi connectivity index (χ4n) is 3.23. The van der Waals surface area contributed by atoms with Gasteiger partial charge >= 0.3 is 5.97 Å². The van der Waals surface area contributed by atoms with Crippen molar-refractivity contribution in [2.45, 2.75) is 96.7 Å². The van der Waals surface area contributed by atoms with E-state index in [0.717, 1.165) is 0 Å². The highest BCUT2D eigenvalue weighted by molar-refractivity contribution is 5.79. The van der Waals surface area contributed by atoms with Crippen LogP contribution in [0.1, 0.15) is 80.1 Å². The molecule has 0 aromatic heterocycles. The fraction of sp³-hybridized carbons (Fsp3) is 0.938. The number of piperidine rings is 1. The van der Waals surface area contributed by atoms with Gasteiger partial charge in [-0.2, -0.15) is 5.06 Å². The molecule has 4 N–H and O–H groups in total. The third-order valence-corrected chi connectivity index (χ3v) is 4.03. The normalized spacial score (nSPS) is 23.0. The van der Waals surface area contributed by atoms with Crippen LogP contribution in [0.15, 0.2) is 0 Å². The van der Waals surface area contributed by atoms with Gasteiger partial charge in [0, 0.05) is 11.1 Å². The Kier molecular flexibility index (Phi) is 7.33. The molecule has 5 heteroatoms. The minimum absolute atomic E-state index is 0.231. The van der Waals surface area contributed by atoms with E-state index >= 15 is 0 Å². The first-order valence-electron chi connectivity index (χ1n) is 7.94. The summed E-state index contributed by atoms with van der Waals surface area (Å²) in [6.07, 6.45) is 6.00. The second-order valence-electron chi connectivity index (χ2n) is 7.46. The van der Waals surface area contributed by atoms with E-state index in [-0.39, 0.29) is 12.8 Å². The number of carbonyl (C=O) groups is 1. The van der Waals surface area contributed by atoms with Crippen LogP contribution in [-0.2, 0) is 4.79 Å². The van der Waals surface area contributed by atoms with Crippen LogP contribution < -0.4 is 5.73 Å². The molecule has 1 heterocycles. The van der Waals surface area contributed by atoms with Crippen LogP contribution in [-0.4, -0.2) is 38.0 Å². The predicted molar refractivity (Wildman–Crippen MR) is 85.4 cm³/mol.